The summed E-state index contributed by atoms with van der Waals surface area (Å²) in [4.78, 5) is 12.2. The van der Waals surface area contributed by atoms with Gasteiger partial charge < -0.3 is 5.32 Å². The van der Waals surface area contributed by atoms with Crippen molar-refractivity contribution in [2.24, 2.45) is 5.92 Å². The Hall–Kier alpha value is -1.81. The molecule has 0 radical (unpaired) electrons. The van der Waals surface area contributed by atoms with Crippen LogP contribution in [-0.2, 0) is 0 Å². The first kappa shape index (κ1) is 13.2. The Bertz CT molecular complexity index is 650. The lowest BCUT2D eigenvalue weighted by Gasteiger charge is -2.10. The molecule has 20 heavy (non-hydrogen) atoms. The fourth-order valence-corrected chi connectivity index (χ4v) is 2.32. The molecule has 0 unspecified atom stereocenters. The number of halogens is 1. The quantitative estimate of drug-likeness (QED) is 0.920. The highest BCUT2D eigenvalue weighted by atomic mass is 35.5. The van der Waals surface area contributed by atoms with Crippen molar-refractivity contribution in [3.05, 3.63) is 51.9 Å². The van der Waals surface area contributed by atoms with Gasteiger partial charge in [-0.1, -0.05) is 42.6 Å². The van der Waals surface area contributed by atoms with Crippen molar-refractivity contribution >= 4 is 17.3 Å². The van der Waals surface area contributed by atoms with Crippen LogP contribution in [0.1, 0.15) is 19.3 Å². The number of rotatable bonds is 5. The lowest BCUT2D eigenvalue weighted by molar-refractivity contribution is 0.756. The van der Waals surface area contributed by atoms with Crippen LogP contribution in [0.15, 0.2) is 41.3 Å². The van der Waals surface area contributed by atoms with Crippen molar-refractivity contribution < 1.29 is 0 Å². The topological polar surface area (TPSA) is 46.9 Å². The number of hydrogen-bond acceptors (Lipinski definition) is 3. The predicted molar refractivity (Wildman–Crippen MR) is 80.7 cm³/mol. The number of nitrogens with zero attached hydrogens (tertiary/aromatic N) is 2. The average molecular weight is 290 g/mol. The molecule has 0 saturated heterocycles. The molecule has 2 aromatic rings. The van der Waals surface area contributed by atoms with Gasteiger partial charge in [0.15, 0.2) is 0 Å². The summed E-state index contributed by atoms with van der Waals surface area (Å²) in [6.07, 6.45) is 5.38. The Morgan fingerprint density at radius 2 is 2.05 bits per heavy atom. The fourth-order valence-electron chi connectivity index (χ4n) is 2.13. The zero-order valence-electron chi connectivity index (χ0n) is 11.1. The molecular formula is C15H16ClN3O. The van der Waals surface area contributed by atoms with Crippen LogP contribution in [0.3, 0.4) is 0 Å². The zero-order chi connectivity index (χ0) is 13.9. The Kier molecular flexibility index (Phi) is 3.74. The molecule has 1 heterocycles. The summed E-state index contributed by atoms with van der Waals surface area (Å²) >= 11 is 6.14. The van der Waals surface area contributed by atoms with E-state index in [0.717, 1.165) is 18.9 Å². The van der Waals surface area contributed by atoms with Crippen LogP contribution in [0, 0.1) is 5.92 Å². The Labute approximate surface area is 122 Å². The molecule has 4 nitrogen and oxygen atoms in total. The van der Waals surface area contributed by atoms with E-state index in [4.69, 9.17) is 11.6 Å². The summed E-state index contributed by atoms with van der Waals surface area (Å²) in [6, 6.07) is 9.26. The molecule has 0 aliphatic heterocycles. The van der Waals surface area contributed by atoms with E-state index in [9.17, 15) is 4.79 Å². The van der Waals surface area contributed by atoms with Crippen molar-refractivity contribution in [3.8, 4) is 5.69 Å². The SMILES string of the molecule is O=c1c(Cl)c(NCCC2CC2)cnn1-c1ccccc1. The van der Waals surface area contributed by atoms with E-state index in [1.807, 2.05) is 30.3 Å². The number of para-hydroxylation sites is 1. The smallest absolute Gasteiger partial charge is 0.292 e. The minimum Gasteiger partial charge on any atom is -0.382 e. The van der Waals surface area contributed by atoms with Gasteiger partial charge in [-0.3, -0.25) is 4.79 Å². The van der Waals surface area contributed by atoms with Crippen LogP contribution in [0.4, 0.5) is 5.69 Å². The van der Waals surface area contributed by atoms with Crippen molar-refractivity contribution in [3.63, 3.8) is 0 Å². The Morgan fingerprint density at radius 3 is 2.75 bits per heavy atom. The highest BCUT2D eigenvalue weighted by Gasteiger charge is 2.20. The third-order valence-electron chi connectivity index (χ3n) is 3.48. The maximum absolute atomic E-state index is 12.2. The van der Waals surface area contributed by atoms with Crippen molar-refractivity contribution in [2.45, 2.75) is 19.3 Å². The molecule has 1 aromatic carbocycles. The Morgan fingerprint density at radius 1 is 1.30 bits per heavy atom. The fraction of sp³-hybridized carbons (Fsp3) is 0.333. The number of nitrogens with one attached hydrogen (secondary N) is 1. The largest absolute Gasteiger partial charge is 0.382 e. The number of aromatic nitrogens is 2. The molecule has 5 heteroatoms. The number of benzene rings is 1. The van der Waals surface area contributed by atoms with E-state index < -0.39 is 0 Å². The monoisotopic (exact) mass is 289 g/mol. The van der Waals surface area contributed by atoms with Gasteiger partial charge in [0.05, 0.1) is 17.6 Å². The van der Waals surface area contributed by atoms with E-state index in [0.29, 0.717) is 11.4 Å². The summed E-state index contributed by atoms with van der Waals surface area (Å²) in [6.45, 7) is 0.834. The van der Waals surface area contributed by atoms with E-state index in [2.05, 4.69) is 10.4 Å². The molecule has 0 amide bonds. The molecule has 104 valence electrons. The number of anilines is 1. The highest BCUT2D eigenvalue weighted by Crippen LogP contribution is 2.32. The van der Waals surface area contributed by atoms with Gasteiger partial charge in [0.1, 0.15) is 5.02 Å². The third-order valence-corrected chi connectivity index (χ3v) is 3.85. The first-order chi connectivity index (χ1) is 9.75. The van der Waals surface area contributed by atoms with Crippen LogP contribution in [-0.4, -0.2) is 16.3 Å². The first-order valence-corrected chi connectivity index (χ1v) is 7.20. The normalized spacial score (nSPS) is 14.2. The van der Waals surface area contributed by atoms with Crippen LogP contribution in [0.5, 0.6) is 0 Å². The van der Waals surface area contributed by atoms with Crippen LogP contribution >= 0.6 is 11.6 Å². The van der Waals surface area contributed by atoms with Crippen LogP contribution in [0.2, 0.25) is 5.02 Å². The standard InChI is InChI=1S/C15H16ClN3O/c16-14-13(17-9-8-11-6-7-11)10-18-19(15(14)20)12-4-2-1-3-5-12/h1-5,10-11,17H,6-9H2. The van der Waals surface area contributed by atoms with Gasteiger partial charge in [0, 0.05) is 6.54 Å². The van der Waals surface area contributed by atoms with Crippen LogP contribution in [0.25, 0.3) is 5.69 Å². The Balaban J connectivity index is 1.81. The van der Waals surface area contributed by atoms with Crippen molar-refractivity contribution in [1.82, 2.24) is 9.78 Å². The number of hydrogen-bond donors (Lipinski definition) is 1. The summed E-state index contributed by atoms with van der Waals surface area (Å²) in [5.74, 6) is 0.846. The van der Waals surface area contributed by atoms with E-state index >= 15 is 0 Å². The van der Waals surface area contributed by atoms with Gasteiger partial charge in [0.2, 0.25) is 0 Å². The van der Waals surface area contributed by atoms with Crippen LogP contribution < -0.4 is 10.9 Å². The molecule has 0 spiro atoms. The van der Waals surface area contributed by atoms with E-state index in [1.54, 1.807) is 6.20 Å². The molecule has 1 aliphatic rings. The molecule has 0 atom stereocenters. The van der Waals surface area contributed by atoms with Gasteiger partial charge in [-0.25, -0.2) is 0 Å². The lowest BCUT2D eigenvalue weighted by Crippen LogP contribution is -2.22. The van der Waals surface area contributed by atoms with Gasteiger partial charge in [0.25, 0.3) is 5.56 Å². The summed E-state index contributed by atoms with van der Waals surface area (Å²) < 4.78 is 1.31. The molecule has 3 rings (SSSR count). The maximum Gasteiger partial charge on any atom is 0.292 e. The third kappa shape index (κ3) is 2.85. The van der Waals surface area contributed by atoms with Gasteiger partial charge >= 0.3 is 0 Å². The second-order valence-electron chi connectivity index (χ2n) is 5.08. The summed E-state index contributed by atoms with van der Waals surface area (Å²) in [5.41, 5.74) is 1.03. The average Bonchev–Trinajstić information content (AvgIpc) is 3.29. The second-order valence-corrected chi connectivity index (χ2v) is 5.46. The molecule has 1 N–H and O–H groups in total. The molecule has 1 aromatic heterocycles. The van der Waals surface area contributed by atoms with Crippen molar-refractivity contribution in [2.75, 3.05) is 11.9 Å². The predicted octanol–water partition coefficient (Wildman–Crippen LogP) is 3.10. The van der Waals surface area contributed by atoms with Gasteiger partial charge in [-0.15, -0.1) is 0 Å². The molecule has 1 aliphatic carbocycles. The molecule has 0 bridgehead atoms. The lowest BCUT2D eigenvalue weighted by atomic mass is 10.3. The van der Waals surface area contributed by atoms with Crippen molar-refractivity contribution in [1.29, 1.82) is 0 Å². The summed E-state index contributed by atoms with van der Waals surface area (Å²) in [5, 5.41) is 7.57. The first-order valence-electron chi connectivity index (χ1n) is 6.83. The van der Waals surface area contributed by atoms with E-state index in [1.165, 1.54) is 17.5 Å². The highest BCUT2D eigenvalue weighted by molar-refractivity contribution is 6.32. The molecule has 1 fully saturated rings. The minimum absolute atomic E-state index is 0.194. The van der Waals surface area contributed by atoms with E-state index in [-0.39, 0.29) is 10.6 Å². The summed E-state index contributed by atoms with van der Waals surface area (Å²) in [7, 11) is 0. The molecular weight excluding hydrogens is 274 g/mol. The van der Waals surface area contributed by atoms with Gasteiger partial charge in [-0.2, -0.15) is 9.78 Å². The maximum atomic E-state index is 12.2. The van der Waals surface area contributed by atoms with Gasteiger partial charge in [-0.05, 0) is 24.5 Å². The zero-order valence-corrected chi connectivity index (χ0v) is 11.8. The second kappa shape index (κ2) is 5.67. The molecule has 1 saturated carbocycles. The minimum atomic E-state index is -0.297.